The van der Waals surface area contributed by atoms with E-state index in [1.807, 2.05) is 38.1 Å². The number of nitrogens with zero attached hydrogens (tertiary/aromatic N) is 1. The topological polar surface area (TPSA) is 71.1 Å². The number of anilines is 1. The molecule has 1 aliphatic heterocycles. The smallest absolute Gasteiger partial charge is 0.254 e. The van der Waals surface area contributed by atoms with Crippen molar-refractivity contribution in [3.05, 3.63) is 82.5 Å². The standard InChI is InChI=1S/C25H27N3O2/c1-15-7-9-17(10-8-15)22-21(24(30)28-18-6-5-11-26-14-18)16(2)27-19-12-25(3,4)13-20(29)23(19)22/h5-11,14,22,27H,12-13H2,1-4H3,(H,28,30). The lowest BCUT2D eigenvalue weighted by Crippen LogP contribution is -2.39. The van der Waals surface area contributed by atoms with Gasteiger partial charge in [-0.2, -0.15) is 0 Å². The minimum Gasteiger partial charge on any atom is -0.362 e. The molecule has 0 spiro atoms. The first kappa shape index (κ1) is 20.1. The fourth-order valence-corrected chi connectivity index (χ4v) is 4.46. The molecule has 2 N–H and O–H groups in total. The van der Waals surface area contributed by atoms with Gasteiger partial charge in [-0.3, -0.25) is 14.6 Å². The van der Waals surface area contributed by atoms with Crippen molar-refractivity contribution in [2.24, 2.45) is 5.41 Å². The molecule has 0 saturated carbocycles. The molecule has 0 fully saturated rings. The third-order valence-corrected chi connectivity index (χ3v) is 5.81. The van der Waals surface area contributed by atoms with Crippen molar-refractivity contribution in [3.63, 3.8) is 0 Å². The van der Waals surface area contributed by atoms with Gasteiger partial charge in [-0.25, -0.2) is 0 Å². The Labute approximate surface area is 177 Å². The Morgan fingerprint density at radius 2 is 1.87 bits per heavy atom. The lowest BCUT2D eigenvalue weighted by atomic mass is 9.68. The van der Waals surface area contributed by atoms with Crippen LogP contribution in [0.2, 0.25) is 0 Å². The predicted octanol–water partition coefficient (Wildman–Crippen LogP) is 4.63. The maximum Gasteiger partial charge on any atom is 0.254 e. The molecule has 1 atom stereocenters. The van der Waals surface area contributed by atoms with Gasteiger partial charge >= 0.3 is 0 Å². The Balaban J connectivity index is 1.81. The van der Waals surface area contributed by atoms with Gasteiger partial charge in [0, 0.05) is 41.1 Å². The molecule has 1 aromatic carbocycles. The highest BCUT2D eigenvalue weighted by atomic mass is 16.2. The van der Waals surface area contributed by atoms with E-state index < -0.39 is 0 Å². The molecule has 4 rings (SSSR count). The molecule has 0 saturated heterocycles. The van der Waals surface area contributed by atoms with E-state index in [0.29, 0.717) is 17.7 Å². The van der Waals surface area contributed by atoms with Crippen LogP contribution in [-0.2, 0) is 9.59 Å². The molecule has 1 amide bonds. The summed E-state index contributed by atoms with van der Waals surface area (Å²) < 4.78 is 0. The SMILES string of the molecule is CC1=C(C(=O)Nc2cccnc2)C(c2ccc(C)cc2)C2=C(CC(C)(C)CC2=O)N1. The van der Waals surface area contributed by atoms with E-state index in [4.69, 9.17) is 0 Å². The molecule has 2 aliphatic rings. The quantitative estimate of drug-likeness (QED) is 0.786. The van der Waals surface area contributed by atoms with E-state index >= 15 is 0 Å². The summed E-state index contributed by atoms with van der Waals surface area (Å²) in [5.41, 5.74) is 5.65. The number of benzene rings is 1. The summed E-state index contributed by atoms with van der Waals surface area (Å²) in [5, 5.41) is 6.34. The van der Waals surface area contributed by atoms with Crippen LogP contribution in [0.1, 0.15) is 50.7 Å². The highest BCUT2D eigenvalue weighted by molar-refractivity contribution is 6.09. The molecule has 2 heterocycles. The molecule has 5 nitrogen and oxygen atoms in total. The number of ketones is 1. The van der Waals surface area contributed by atoms with E-state index in [1.54, 1.807) is 24.5 Å². The van der Waals surface area contributed by atoms with E-state index in [2.05, 4.69) is 29.5 Å². The van der Waals surface area contributed by atoms with Crippen molar-refractivity contribution in [3.8, 4) is 0 Å². The average molecular weight is 402 g/mol. The summed E-state index contributed by atoms with van der Waals surface area (Å²) in [7, 11) is 0. The van der Waals surface area contributed by atoms with Gasteiger partial charge in [0.25, 0.3) is 5.91 Å². The van der Waals surface area contributed by atoms with Crippen molar-refractivity contribution in [1.82, 2.24) is 10.3 Å². The number of pyridine rings is 1. The Bertz CT molecular complexity index is 1060. The molecule has 2 aromatic rings. The fraction of sp³-hybridized carbons (Fsp3) is 0.320. The molecule has 154 valence electrons. The molecule has 1 aromatic heterocycles. The van der Waals surface area contributed by atoms with Crippen molar-refractivity contribution in [2.75, 3.05) is 5.32 Å². The van der Waals surface area contributed by atoms with Gasteiger partial charge in [-0.15, -0.1) is 0 Å². The lowest BCUT2D eigenvalue weighted by Gasteiger charge is -2.39. The van der Waals surface area contributed by atoms with Crippen LogP contribution >= 0.6 is 0 Å². The second-order valence-corrected chi connectivity index (χ2v) is 9.04. The summed E-state index contributed by atoms with van der Waals surface area (Å²) in [5.74, 6) is -0.497. The first-order valence-corrected chi connectivity index (χ1v) is 10.3. The number of dihydropyridines is 1. The number of allylic oxidation sites excluding steroid dienone is 3. The number of carbonyl (C=O) groups excluding carboxylic acids is 2. The Kier molecular flexibility index (Phi) is 5.06. The molecule has 5 heteroatoms. The second-order valence-electron chi connectivity index (χ2n) is 9.04. The van der Waals surface area contributed by atoms with Crippen molar-refractivity contribution in [1.29, 1.82) is 0 Å². The summed E-state index contributed by atoms with van der Waals surface area (Å²) in [4.78, 5) is 30.7. The third-order valence-electron chi connectivity index (χ3n) is 5.81. The number of nitrogens with one attached hydrogen (secondary N) is 2. The zero-order valence-electron chi connectivity index (χ0n) is 17.9. The van der Waals surface area contributed by atoms with Crippen molar-refractivity contribution >= 4 is 17.4 Å². The Morgan fingerprint density at radius 1 is 1.13 bits per heavy atom. The molecule has 1 unspecified atom stereocenters. The van der Waals surface area contributed by atoms with Crippen LogP contribution in [-0.4, -0.2) is 16.7 Å². The highest BCUT2D eigenvalue weighted by Gasteiger charge is 2.42. The van der Waals surface area contributed by atoms with Crippen LogP contribution in [0.15, 0.2) is 71.3 Å². The number of rotatable bonds is 3. The van der Waals surface area contributed by atoms with Gasteiger partial charge < -0.3 is 10.6 Å². The number of Topliss-reactive ketones (excluding diaryl/α,β-unsaturated/α-hetero) is 1. The normalized spacial score (nSPS) is 20.5. The van der Waals surface area contributed by atoms with Gasteiger partial charge in [0.15, 0.2) is 5.78 Å². The summed E-state index contributed by atoms with van der Waals surface area (Å²) in [6.45, 7) is 8.17. The molecule has 1 aliphatic carbocycles. The van der Waals surface area contributed by atoms with E-state index in [0.717, 1.165) is 34.5 Å². The van der Waals surface area contributed by atoms with Crippen molar-refractivity contribution < 1.29 is 9.59 Å². The van der Waals surface area contributed by atoms with Crippen LogP contribution in [0.5, 0.6) is 0 Å². The zero-order chi connectivity index (χ0) is 21.5. The predicted molar refractivity (Wildman–Crippen MR) is 118 cm³/mol. The first-order valence-electron chi connectivity index (χ1n) is 10.3. The highest BCUT2D eigenvalue weighted by Crippen LogP contribution is 2.46. The summed E-state index contributed by atoms with van der Waals surface area (Å²) >= 11 is 0. The maximum absolute atomic E-state index is 13.4. The zero-order valence-corrected chi connectivity index (χ0v) is 17.9. The second kappa shape index (κ2) is 7.56. The van der Waals surface area contributed by atoms with Crippen LogP contribution in [0.4, 0.5) is 5.69 Å². The van der Waals surface area contributed by atoms with E-state index in [1.165, 1.54) is 0 Å². The number of amides is 1. The van der Waals surface area contributed by atoms with Crippen LogP contribution in [0.25, 0.3) is 0 Å². The Morgan fingerprint density at radius 3 is 2.53 bits per heavy atom. The van der Waals surface area contributed by atoms with Gasteiger partial charge in [-0.05, 0) is 43.4 Å². The lowest BCUT2D eigenvalue weighted by molar-refractivity contribution is -0.118. The molecule has 0 bridgehead atoms. The van der Waals surface area contributed by atoms with E-state index in [9.17, 15) is 9.59 Å². The molecular formula is C25H27N3O2. The number of hydrogen-bond donors (Lipinski definition) is 2. The largest absolute Gasteiger partial charge is 0.362 e. The average Bonchev–Trinajstić information content (AvgIpc) is 2.67. The van der Waals surface area contributed by atoms with Crippen LogP contribution in [0.3, 0.4) is 0 Å². The number of carbonyl (C=O) groups is 2. The minimum atomic E-state index is -0.387. The van der Waals surface area contributed by atoms with Crippen LogP contribution < -0.4 is 10.6 Å². The van der Waals surface area contributed by atoms with Gasteiger partial charge in [0.1, 0.15) is 0 Å². The molecular weight excluding hydrogens is 374 g/mol. The minimum absolute atomic E-state index is 0.101. The van der Waals surface area contributed by atoms with Gasteiger partial charge in [0.05, 0.1) is 11.9 Å². The fourth-order valence-electron chi connectivity index (χ4n) is 4.46. The maximum atomic E-state index is 13.4. The summed E-state index contributed by atoms with van der Waals surface area (Å²) in [6, 6.07) is 11.7. The molecule has 30 heavy (non-hydrogen) atoms. The number of aromatic nitrogens is 1. The Hall–Kier alpha value is -3.21. The third kappa shape index (κ3) is 3.80. The monoisotopic (exact) mass is 401 g/mol. The van der Waals surface area contributed by atoms with Gasteiger partial charge in [0.2, 0.25) is 0 Å². The number of aryl methyl sites for hydroxylation is 1. The van der Waals surface area contributed by atoms with Crippen molar-refractivity contribution in [2.45, 2.75) is 46.5 Å². The summed E-state index contributed by atoms with van der Waals surface area (Å²) in [6.07, 6.45) is 4.54. The number of hydrogen-bond acceptors (Lipinski definition) is 4. The van der Waals surface area contributed by atoms with Gasteiger partial charge in [-0.1, -0.05) is 43.7 Å². The van der Waals surface area contributed by atoms with Crippen LogP contribution in [0, 0.1) is 12.3 Å². The van der Waals surface area contributed by atoms with E-state index in [-0.39, 0.29) is 23.0 Å². The molecule has 0 radical (unpaired) electrons. The first-order chi connectivity index (χ1) is 14.2.